The van der Waals surface area contributed by atoms with Crippen LogP contribution in [0.4, 0.5) is 0 Å². The van der Waals surface area contributed by atoms with Gasteiger partial charge in [-0.3, -0.25) is 4.79 Å². The van der Waals surface area contributed by atoms with Crippen molar-refractivity contribution >= 4 is 5.91 Å². The molecule has 1 atom stereocenters. The molecule has 2 heterocycles. The molecule has 21 heavy (non-hydrogen) atoms. The number of hydrogen-bond acceptors (Lipinski definition) is 4. The van der Waals surface area contributed by atoms with Crippen molar-refractivity contribution in [2.75, 3.05) is 32.9 Å². The molecule has 1 N–H and O–H groups in total. The van der Waals surface area contributed by atoms with Crippen molar-refractivity contribution in [1.82, 2.24) is 4.90 Å². The number of carbonyl (C=O) groups excluding carboxylic acids is 1. The van der Waals surface area contributed by atoms with E-state index in [1.165, 1.54) is 0 Å². The van der Waals surface area contributed by atoms with Crippen LogP contribution in [0.15, 0.2) is 18.2 Å². The Labute approximate surface area is 124 Å². The minimum atomic E-state index is 0.0367. The Kier molecular flexibility index (Phi) is 4.29. The van der Waals surface area contributed by atoms with Crippen molar-refractivity contribution in [3.05, 3.63) is 23.8 Å². The molecule has 2 aliphatic rings. The molecule has 114 valence electrons. The summed E-state index contributed by atoms with van der Waals surface area (Å²) in [5, 5.41) is 9.06. The first-order valence-electron chi connectivity index (χ1n) is 7.57. The number of ether oxygens (including phenoxy) is 2. The van der Waals surface area contributed by atoms with Gasteiger partial charge in [-0.05, 0) is 43.4 Å². The molecule has 0 bridgehead atoms. The van der Waals surface area contributed by atoms with Gasteiger partial charge in [0.1, 0.15) is 13.2 Å². The van der Waals surface area contributed by atoms with Crippen LogP contribution in [0.3, 0.4) is 0 Å². The van der Waals surface area contributed by atoms with Crippen LogP contribution < -0.4 is 9.47 Å². The molecule has 3 rings (SSSR count). The van der Waals surface area contributed by atoms with E-state index in [4.69, 9.17) is 14.6 Å². The molecule has 1 aromatic rings. The maximum Gasteiger partial charge on any atom is 0.254 e. The third-order valence-electron chi connectivity index (χ3n) is 4.13. The highest BCUT2D eigenvalue weighted by Gasteiger charge is 2.25. The van der Waals surface area contributed by atoms with Crippen LogP contribution in [0.2, 0.25) is 0 Å². The number of aliphatic hydroxyl groups excluding tert-OH is 1. The summed E-state index contributed by atoms with van der Waals surface area (Å²) in [6, 6.07) is 5.37. The molecule has 0 radical (unpaired) electrons. The highest BCUT2D eigenvalue weighted by molar-refractivity contribution is 5.95. The fourth-order valence-electron chi connectivity index (χ4n) is 3.03. The van der Waals surface area contributed by atoms with Crippen LogP contribution in [0, 0.1) is 5.92 Å². The Morgan fingerprint density at radius 3 is 2.90 bits per heavy atom. The number of rotatable bonds is 3. The number of piperidine rings is 1. The Hall–Kier alpha value is -1.75. The van der Waals surface area contributed by atoms with E-state index in [0.29, 0.717) is 36.2 Å². The summed E-state index contributed by atoms with van der Waals surface area (Å²) < 4.78 is 11.0. The first kappa shape index (κ1) is 14.2. The molecule has 1 aromatic carbocycles. The van der Waals surface area contributed by atoms with Gasteiger partial charge in [0.15, 0.2) is 11.5 Å². The fourth-order valence-corrected chi connectivity index (χ4v) is 3.03. The lowest BCUT2D eigenvalue weighted by Gasteiger charge is -2.32. The predicted molar refractivity (Wildman–Crippen MR) is 77.8 cm³/mol. The summed E-state index contributed by atoms with van der Waals surface area (Å²) >= 11 is 0. The minimum absolute atomic E-state index is 0.0367. The first-order chi connectivity index (χ1) is 10.3. The third kappa shape index (κ3) is 3.13. The average molecular weight is 291 g/mol. The Morgan fingerprint density at radius 2 is 2.10 bits per heavy atom. The summed E-state index contributed by atoms with van der Waals surface area (Å²) in [6.45, 7) is 2.78. The molecule has 5 heteroatoms. The lowest BCUT2D eigenvalue weighted by atomic mass is 9.94. The van der Waals surface area contributed by atoms with E-state index in [9.17, 15) is 4.79 Å². The Balaban J connectivity index is 1.72. The van der Waals surface area contributed by atoms with Crippen molar-refractivity contribution in [3.63, 3.8) is 0 Å². The molecule has 0 saturated carbocycles. The number of nitrogens with zero attached hydrogens (tertiary/aromatic N) is 1. The van der Waals surface area contributed by atoms with Gasteiger partial charge in [0, 0.05) is 25.3 Å². The SMILES string of the molecule is O=C(c1ccc2c(c1)OCCO2)N1CCCC(CCO)C1. The maximum atomic E-state index is 12.6. The number of fused-ring (bicyclic) bond motifs is 1. The number of likely N-dealkylation sites (tertiary alicyclic amines) is 1. The largest absolute Gasteiger partial charge is 0.486 e. The van der Waals surface area contributed by atoms with E-state index in [1.54, 1.807) is 18.2 Å². The van der Waals surface area contributed by atoms with Crippen molar-refractivity contribution in [1.29, 1.82) is 0 Å². The summed E-state index contributed by atoms with van der Waals surface area (Å²) in [5.74, 6) is 1.80. The van der Waals surface area contributed by atoms with Gasteiger partial charge in [-0.2, -0.15) is 0 Å². The van der Waals surface area contributed by atoms with Crippen LogP contribution >= 0.6 is 0 Å². The van der Waals surface area contributed by atoms with Gasteiger partial charge < -0.3 is 19.5 Å². The molecular formula is C16H21NO4. The molecule has 0 aromatic heterocycles. The van der Waals surface area contributed by atoms with Crippen LogP contribution in [0.1, 0.15) is 29.6 Å². The van der Waals surface area contributed by atoms with Crippen LogP contribution in [0.5, 0.6) is 11.5 Å². The summed E-state index contributed by atoms with van der Waals surface area (Å²) in [4.78, 5) is 14.5. The average Bonchev–Trinajstić information content (AvgIpc) is 2.54. The molecule has 1 saturated heterocycles. The third-order valence-corrected chi connectivity index (χ3v) is 4.13. The fraction of sp³-hybridized carbons (Fsp3) is 0.562. The van der Waals surface area contributed by atoms with E-state index in [-0.39, 0.29) is 12.5 Å². The topological polar surface area (TPSA) is 59.0 Å². The second kappa shape index (κ2) is 6.35. The van der Waals surface area contributed by atoms with Crippen molar-refractivity contribution in [2.45, 2.75) is 19.3 Å². The van der Waals surface area contributed by atoms with Crippen LogP contribution in [0.25, 0.3) is 0 Å². The van der Waals surface area contributed by atoms with Crippen LogP contribution in [-0.4, -0.2) is 48.8 Å². The minimum Gasteiger partial charge on any atom is -0.486 e. The van der Waals surface area contributed by atoms with E-state index in [1.807, 2.05) is 4.90 Å². The zero-order valence-corrected chi connectivity index (χ0v) is 12.1. The van der Waals surface area contributed by atoms with Gasteiger partial charge in [-0.25, -0.2) is 0 Å². The van der Waals surface area contributed by atoms with Gasteiger partial charge in [-0.1, -0.05) is 0 Å². The van der Waals surface area contributed by atoms with Crippen molar-refractivity contribution in [3.8, 4) is 11.5 Å². The molecule has 0 aliphatic carbocycles. The second-order valence-electron chi connectivity index (χ2n) is 5.63. The molecule has 1 fully saturated rings. The van der Waals surface area contributed by atoms with Crippen molar-refractivity contribution in [2.24, 2.45) is 5.92 Å². The van der Waals surface area contributed by atoms with Gasteiger partial charge >= 0.3 is 0 Å². The van der Waals surface area contributed by atoms with Gasteiger partial charge in [-0.15, -0.1) is 0 Å². The highest BCUT2D eigenvalue weighted by atomic mass is 16.6. The summed E-state index contributed by atoms with van der Waals surface area (Å²) in [5.41, 5.74) is 0.642. The zero-order valence-electron chi connectivity index (χ0n) is 12.1. The van der Waals surface area contributed by atoms with Crippen LogP contribution in [-0.2, 0) is 0 Å². The first-order valence-corrected chi connectivity index (χ1v) is 7.57. The Morgan fingerprint density at radius 1 is 1.29 bits per heavy atom. The zero-order chi connectivity index (χ0) is 14.7. The van der Waals surface area contributed by atoms with E-state index >= 15 is 0 Å². The summed E-state index contributed by atoms with van der Waals surface area (Å²) in [7, 11) is 0. The second-order valence-corrected chi connectivity index (χ2v) is 5.63. The lowest BCUT2D eigenvalue weighted by molar-refractivity contribution is 0.0652. The molecule has 0 spiro atoms. The van der Waals surface area contributed by atoms with Gasteiger partial charge in [0.05, 0.1) is 0 Å². The quantitative estimate of drug-likeness (QED) is 0.920. The van der Waals surface area contributed by atoms with E-state index < -0.39 is 0 Å². The molecule has 1 unspecified atom stereocenters. The lowest BCUT2D eigenvalue weighted by Crippen LogP contribution is -2.40. The standard InChI is InChI=1S/C16H21NO4/c18-7-5-12-2-1-6-17(11-12)16(19)13-3-4-14-15(10-13)21-9-8-20-14/h3-4,10,12,18H,1-2,5-9,11H2. The normalized spacial score (nSPS) is 21.2. The van der Waals surface area contributed by atoms with Crippen molar-refractivity contribution < 1.29 is 19.4 Å². The number of hydrogen-bond donors (Lipinski definition) is 1. The molecular weight excluding hydrogens is 270 g/mol. The number of amides is 1. The molecule has 2 aliphatic heterocycles. The summed E-state index contributed by atoms with van der Waals surface area (Å²) in [6.07, 6.45) is 2.86. The predicted octanol–water partition coefficient (Wildman–Crippen LogP) is 1.69. The number of benzene rings is 1. The number of carbonyl (C=O) groups is 1. The smallest absolute Gasteiger partial charge is 0.254 e. The monoisotopic (exact) mass is 291 g/mol. The highest BCUT2D eigenvalue weighted by Crippen LogP contribution is 2.31. The molecule has 1 amide bonds. The number of aliphatic hydroxyl groups is 1. The van der Waals surface area contributed by atoms with Gasteiger partial charge in [0.2, 0.25) is 0 Å². The van der Waals surface area contributed by atoms with E-state index in [2.05, 4.69) is 0 Å². The Bertz CT molecular complexity index is 515. The van der Waals surface area contributed by atoms with E-state index in [0.717, 1.165) is 32.4 Å². The maximum absolute atomic E-state index is 12.6. The molecule has 5 nitrogen and oxygen atoms in total. The van der Waals surface area contributed by atoms with Gasteiger partial charge in [0.25, 0.3) is 5.91 Å².